The van der Waals surface area contributed by atoms with E-state index < -0.39 is 10.0 Å². The van der Waals surface area contributed by atoms with Crippen LogP contribution in [-0.2, 0) is 23.5 Å². The summed E-state index contributed by atoms with van der Waals surface area (Å²) in [4.78, 5) is 0. The summed E-state index contributed by atoms with van der Waals surface area (Å²) < 4.78 is 27.7. The molecule has 0 saturated heterocycles. The van der Waals surface area contributed by atoms with E-state index >= 15 is 0 Å². The van der Waals surface area contributed by atoms with Crippen LogP contribution in [0, 0.1) is 0 Å². The van der Waals surface area contributed by atoms with Crippen LogP contribution in [0.5, 0.6) is 0 Å². The molecule has 1 aromatic heterocycles. The topological polar surface area (TPSA) is 76.0 Å². The van der Waals surface area contributed by atoms with Crippen LogP contribution in [0.3, 0.4) is 0 Å². The Morgan fingerprint density at radius 3 is 2.68 bits per heavy atom. The van der Waals surface area contributed by atoms with Crippen LogP contribution in [-0.4, -0.2) is 43.1 Å². The van der Waals surface area contributed by atoms with Gasteiger partial charge in [-0.2, -0.15) is 5.10 Å². The average molecular weight is 288 g/mol. The van der Waals surface area contributed by atoms with Gasteiger partial charge in [-0.1, -0.05) is 13.8 Å². The Hall–Kier alpha value is -0.920. The molecule has 0 aliphatic heterocycles. The highest BCUT2D eigenvalue weighted by Gasteiger charge is 2.09. The standard InChI is InChI=1S/C12H24N4O2S/c1-11(2)13-7-4-10-19(17,18)14-8-5-12-6-9-16(3)15-12/h6,9,11,13-14H,4-5,7-8,10H2,1-3H3. The largest absolute Gasteiger partial charge is 0.314 e. The Morgan fingerprint density at radius 2 is 2.11 bits per heavy atom. The van der Waals surface area contributed by atoms with Crippen molar-refractivity contribution in [3.05, 3.63) is 18.0 Å². The number of hydrogen-bond acceptors (Lipinski definition) is 4. The zero-order chi connectivity index (χ0) is 14.3. The number of aryl methyl sites for hydroxylation is 1. The third-order valence-corrected chi connectivity index (χ3v) is 4.08. The lowest BCUT2D eigenvalue weighted by Gasteiger charge is -2.08. The zero-order valence-corrected chi connectivity index (χ0v) is 12.7. The average Bonchev–Trinajstić information content (AvgIpc) is 2.70. The van der Waals surface area contributed by atoms with Crippen molar-refractivity contribution in [1.82, 2.24) is 19.8 Å². The first-order valence-corrected chi connectivity index (χ1v) is 8.23. The van der Waals surface area contributed by atoms with Crippen molar-refractivity contribution < 1.29 is 8.42 Å². The SMILES string of the molecule is CC(C)NCCCS(=O)(=O)NCCc1ccn(C)n1. The normalized spacial score (nSPS) is 12.2. The maximum absolute atomic E-state index is 11.7. The van der Waals surface area contributed by atoms with Gasteiger partial charge in [-0.25, -0.2) is 13.1 Å². The van der Waals surface area contributed by atoms with Crippen LogP contribution in [0.25, 0.3) is 0 Å². The van der Waals surface area contributed by atoms with Gasteiger partial charge in [0.2, 0.25) is 10.0 Å². The quantitative estimate of drug-likeness (QED) is 0.640. The third-order valence-electron chi connectivity index (χ3n) is 2.61. The first kappa shape index (κ1) is 16.1. The molecule has 0 aliphatic carbocycles. The Morgan fingerprint density at radius 1 is 1.37 bits per heavy atom. The molecule has 0 bridgehead atoms. The number of nitrogens with zero attached hydrogens (tertiary/aromatic N) is 2. The van der Waals surface area contributed by atoms with Crippen molar-refractivity contribution in [3.8, 4) is 0 Å². The summed E-state index contributed by atoms with van der Waals surface area (Å²) in [5, 5.41) is 7.39. The van der Waals surface area contributed by atoms with Crippen LogP contribution in [0.1, 0.15) is 26.0 Å². The van der Waals surface area contributed by atoms with Gasteiger partial charge >= 0.3 is 0 Å². The van der Waals surface area contributed by atoms with Crippen LogP contribution >= 0.6 is 0 Å². The first-order chi connectivity index (χ1) is 8.89. The van der Waals surface area contributed by atoms with Crippen LogP contribution in [0.2, 0.25) is 0 Å². The lowest BCUT2D eigenvalue weighted by molar-refractivity contribution is 0.560. The van der Waals surface area contributed by atoms with E-state index in [1.807, 2.05) is 33.2 Å². The molecule has 0 aliphatic rings. The minimum absolute atomic E-state index is 0.162. The molecule has 1 heterocycles. The molecule has 19 heavy (non-hydrogen) atoms. The first-order valence-electron chi connectivity index (χ1n) is 6.58. The van der Waals surface area contributed by atoms with E-state index in [9.17, 15) is 8.42 Å². The van der Waals surface area contributed by atoms with Gasteiger partial charge in [-0.05, 0) is 19.0 Å². The van der Waals surface area contributed by atoms with E-state index in [4.69, 9.17) is 0 Å². The number of aromatic nitrogens is 2. The number of hydrogen-bond donors (Lipinski definition) is 2. The molecule has 0 aromatic carbocycles. The smallest absolute Gasteiger partial charge is 0.211 e. The fourth-order valence-electron chi connectivity index (χ4n) is 1.66. The molecule has 2 N–H and O–H groups in total. The highest BCUT2D eigenvalue weighted by molar-refractivity contribution is 7.89. The van der Waals surface area contributed by atoms with E-state index in [2.05, 4.69) is 15.1 Å². The summed E-state index contributed by atoms with van der Waals surface area (Å²) in [5.74, 6) is 0.162. The molecule has 0 atom stereocenters. The Kier molecular flexibility index (Phi) is 6.47. The second-order valence-corrected chi connectivity index (χ2v) is 6.83. The Labute approximate surface area is 115 Å². The van der Waals surface area contributed by atoms with Gasteiger partial charge < -0.3 is 5.32 Å². The number of rotatable bonds is 9. The highest BCUT2D eigenvalue weighted by Crippen LogP contribution is 1.96. The summed E-state index contributed by atoms with van der Waals surface area (Å²) in [7, 11) is -1.32. The minimum atomic E-state index is -3.17. The van der Waals surface area contributed by atoms with E-state index in [1.165, 1.54) is 0 Å². The fourth-order valence-corrected chi connectivity index (χ4v) is 2.74. The van der Waals surface area contributed by atoms with Crippen molar-refractivity contribution >= 4 is 10.0 Å². The molecule has 6 nitrogen and oxygen atoms in total. The van der Waals surface area contributed by atoms with E-state index in [-0.39, 0.29) is 5.75 Å². The molecule has 7 heteroatoms. The molecule has 1 aromatic rings. The Bertz CT molecular complexity index is 468. The maximum Gasteiger partial charge on any atom is 0.211 e. The fraction of sp³-hybridized carbons (Fsp3) is 0.750. The molecule has 1 rings (SSSR count). The van der Waals surface area contributed by atoms with Gasteiger partial charge in [0.25, 0.3) is 0 Å². The van der Waals surface area contributed by atoms with E-state index in [1.54, 1.807) is 4.68 Å². The molecular weight excluding hydrogens is 264 g/mol. The van der Waals surface area contributed by atoms with E-state index in [0.717, 1.165) is 12.2 Å². The lowest BCUT2D eigenvalue weighted by atomic mass is 10.3. The second kappa shape index (κ2) is 7.62. The molecule has 0 unspecified atom stereocenters. The predicted octanol–water partition coefficient (Wildman–Crippen LogP) is 0.270. The van der Waals surface area contributed by atoms with Crippen molar-refractivity contribution in [2.24, 2.45) is 7.05 Å². The summed E-state index contributed by atoms with van der Waals surface area (Å²) >= 11 is 0. The predicted molar refractivity (Wildman–Crippen MR) is 76.5 cm³/mol. The van der Waals surface area contributed by atoms with Crippen molar-refractivity contribution in [3.63, 3.8) is 0 Å². The second-order valence-electron chi connectivity index (χ2n) is 4.91. The van der Waals surface area contributed by atoms with Crippen LogP contribution < -0.4 is 10.0 Å². The molecule has 0 radical (unpaired) electrons. The zero-order valence-electron chi connectivity index (χ0n) is 11.9. The van der Waals surface area contributed by atoms with Gasteiger partial charge in [0.15, 0.2) is 0 Å². The summed E-state index contributed by atoms with van der Waals surface area (Å²) in [6.07, 6.45) is 3.09. The van der Waals surface area contributed by atoms with Crippen molar-refractivity contribution in [1.29, 1.82) is 0 Å². The molecule has 0 spiro atoms. The third kappa shape index (κ3) is 7.29. The van der Waals surface area contributed by atoms with Crippen LogP contribution in [0.4, 0.5) is 0 Å². The minimum Gasteiger partial charge on any atom is -0.314 e. The molecule has 0 saturated carbocycles. The number of sulfonamides is 1. The van der Waals surface area contributed by atoms with Gasteiger partial charge in [0.1, 0.15) is 0 Å². The van der Waals surface area contributed by atoms with Gasteiger partial charge in [0.05, 0.1) is 11.4 Å². The van der Waals surface area contributed by atoms with Gasteiger partial charge in [-0.15, -0.1) is 0 Å². The molecular formula is C12H24N4O2S. The van der Waals surface area contributed by atoms with E-state index in [0.29, 0.717) is 25.4 Å². The van der Waals surface area contributed by atoms with Gasteiger partial charge in [-0.3, -0.25) is 4.68 Å². The highest BCUT2D eigenvalue weighted by atomic mass is 32.2. The lowest BCUT2D eigenvalue weighted by Crippen LogP contribution is -2.31. The summed E-state index contributed by atoms with van der Waals surface area (Å²) in [6, 6.07) is 2.28. The number of nitrogens with one attached hydrogen (secondary N) is 2. The summed E-state index contributed by atoms with van der Waals surface area (Å²) in [5.41, 5.74) is 0.895. The maximum atomic E-state index is 11.7. The molecule has 110 valence electrons. The van der Waals surface area contributed by atoms with Crippen molar-refractivity contribution in [2.45, 2.75) is 32.7 Å². The van der Waals surface area contributed by atoms with Gasteiger partial charge in [0, 0.05) is 32.3 Å². The summed E-state index contributed by atoms with van der Waals surface area (Å²) in [6.45, 7) is 5.20. The monoisotopic (exact) mass is 288 g/mol. The Balaban J connectivity index is 2.19. The van der Waals surface area contributed by atoms with Crippen molar-refractivity contribution in [2.75, 3.05) is 18.8 Å². The van der Waals surface area contributed by atoms with Crippen LogP contribution in [0.15, 0.2) is 12.3 Å². The molecule has 0 amide bonds. The molecule has 0 fully saturated rings.